The van der Waals surface area contributed by atoms with Gasteiger partial charge in [0.2, 0.25) is 0 Å². The molecule has 2 aliphatic rings. The SMILES string of the molecule is CC(C)(C)N(C(=O)O)[C@@H]1CCCN([C@H]2c3cccnc3C[C@H]2O)C1. The van der Waals surface area contributed by atoms with Crippen molar-refractivity contribution in [3.63, 3.8) is 0 Å². The number of aliphatic hydroxyl groups is 1. The van der Waals surface area contributed by atoms with E-state index in [1.165, 1.54) is 0 Å². The zero-order valence-corrected chi connectivity index (χ0v) is 14.6. The number of pyridine rings is 1. The maximum atomic E-state index is 11.8. The molecule has 0 unspecified atom stereocenters. The Balaban J connectivity index is 1.82. The van der Waals surface area contributed by atoms with E-state index in [2.05, 4.69) is 9.88 Å². The fraction of sp³-hybridized carbons (Fsp3) is 0.667. The van der Waals surface area contributed by atoms with Crippen molar-refractivity contribution in [3.05, 3.63) is 29.6 Å². The molecule has 1 aliphatic heterocycles. The molecule has 1 aromatic heterocycles. The van der Waals surface area contributed by atoms with Crippen LogP contribution in [0, 0.1) is 0 Å². The van der Waals surface area contributed by atoms with Crippen molar-refractivity contribution in [3.8, 4) is 0 Å². The fourth-order valence-corrected chi connectivity index (χ4v) is 4.28. The maximum absolute atomic E-state index is 11.8. The molecule has 1 aliphatic carbocycles. The number of amides is 1. The van der Waals surface area contributed by atoms with Gasteiger partial charge in [-0.1, -0.05) is 6.07 Å². The molecular weight excluding hydrogens is 306 g/mol. The van der Waals surface area contributed by atoms with Gasteiger partial charge in [-0.05, 0) is 51.8 Å². The summed E-state index contributed by atoms with van der Waals surface area (Å²) < 4.78 is 0. The predicted octanol–water partition coefficient (Wildman–Crippen LogP) is 2.28. The zero-order valence-electron chi connectivity index (χ0n) is 14.6. The lowest BCUT2D eigenvalue weighted by Gasteiger charge is -2.46. The number of aliphatic hydroxyl groups excluding tert-OH is 1. The summed E-state index contributed by atoms with van der Waals surface area (Å²) in [7, 11) is 0. The van der Waals surface area contributed by atoms with Crippen molar-refractivity contribution in [1.29, 1.82) is 0 Å². The number of likely N-dealkylation sites (tertiary alicyclic amines) is 1. The van der Waals surface area contributed by atoms with Gasteiger partial charge in [0, 0.05) is 36.4 Å². The minimum absolute atomic E-state index is 0.0517. The van der Waals surface area contributed by atoms with Gasteiger partial charge in [0.15, 0.2) is 0 Å². The summed E-state index contributed by atoms with van der Waals surface area (Å²) in [5.41, 5.74) is 1.61. The standard InChI is InChI=1S/C18H27N3O3/c1-18(2,3)21(17(23)24)12-6-5-9-20(11-12)16-13-7-4-8-19-14(13)10-15(16)22/h4,7-8,12,15-16,22H,5-6,9-11H2,1-3H3,(H,23,24)/t12-,15-,16+/m1/s1. The van der Waals surface area contributed by atoms with Crippen LogP contribution in [0.25, 0.3) is 0 Å². The van der Waals surface area contributed by atoms with Crippen LogP contribution in [-0.4, -0.2) is 61.9 Å². The van der Waals surface area contributed by atoms with Crippen LogP contribution >= 0.6 is 0 Å². The van der Waals surface area contributed by atoms with E-state index in [0.717, 1.165) is 30.6 Å². The highest BCUT2D eigenvalue weighted by molar-refractivity contribution is 5.66. The Morgan fingerprint density at radius 2 is 2.17 bits per heavy atom. The summed E-state index contributed by atoms with van der Waals surface area (Å²) in [6.45, 7) is 7.33. The van der Waals surface area contributed by atoms with Crippen molar-refractivity contribution in [1.82, 2.24) is 14.8 Å². The van der Waals surface area contributed by atoms with E-state index in [0.29, 0.717) is 13.0 Å². The fourth-order valence-electron chi connectivity index (χ4n) is 4.28. The molecule has 2 N–H and O–H groups in total. The Hall–Kier alpha value is -1.66. The van der Waals surface area contributed by atoms with Crippen LogP contribution in [0.3, 0.4) is 0 Å². The average molecular weight is 333 g/mol. The monoisotopic (exact) mass is 333 g/mol. The molecule has 1 aromatic rings. The van der Waals surface area contributed by atoms with Gasteiger partial charge < -0.3 is 10.2 Å². The third-order valence-electron chi connectivity index (χ3n) is 5.13. The first-order valence-corrected chi connectivity index (χ1v) is 8.67. The van der Waals surface area contributed by atoms with E-state index in [9.17, 15) is 15.0 Å². The van der Waals surface area contributed by atoms with Crippen LogP contribution in [0.5, 0.6) is 0 Å². The molecule has 0 aromatic carbocycles. The van der Waals surface area contributed by atoms with E-state index in [1.54, 1.807) is 11.1 Å². The van der Waals surface area contributed by atoms with Crippen molar-refractivity contribution < 1.29 is 15.0 Å². The molecule has 3 atom stereocenters. The van der Waals surface area contributed by atoms with Gasteiger partial charge in [-0.3, -0.25) is 14.8 Å². The second kappa shape index (κ2) is 6.33. The van der Waals surface area contributed by atoms with Crippen molar-refractivity contribution in [2.24, 2.45) is 0 Å². The Bertz CT molecular complexity index is 614. The zero-order chi connectivity index (χ0) is 17.5. The highest BCUT2D eigenvalue weighted by atomic mass is 16.4. The number of piperidine rings is 1. The molecule has 6 nitrogen and oxygen atoms in total. The molecule has 2 heterocycles. The first kappa shape index (κ1) is 17.2. The normalized spacial score (nSPS) is 27.8. The molecule has 1 amide bonds. The van der Waals surface area contributed by atoms with Crippen molar-refractivity contribution in [2.45, 2.75) is 63.8 Å². The van der Waals surface area contributed by atoms with Gasteiger partial charge in [-0.2, -0.15) is 0 Å². The lowest BCUT2D eigenvalue weighted by molar-refractivity contribution is -0.00102. The lowest BCUT2D eigenvalue weighted by Crippen LogP contribution is -2.57. The van der Waals surface area contributed by atoms with Crippen molar-refractivity contribution in [2.75, 3.05) is 13.1 Å². The molecule has 0 bridgehead atoms. The van der Waals surface area contributed by atoms with E-state index in [1.807, 2.05) is 32.9 Å². The summed E-state index contributed by atoms with van der Waals surface area (Å²) in [5, 5.41) is 20.2. The highest BCUT2D eigenvalue weighted by Gasteiger charge is 2.41. The highest BCUT2D eigenvalue weighted by Crippen LogP contribution is 2.37. The van der Waals surface area contributed by atoms with Gasteiger partial charge in [0.25, 0.3) is 0 Å². The molecule has 1 fully saturated rings. The van der Waals surface area contributed by atoms with Crippen molar-refractivity contribution >= 4 is 6.09 Å². The van der Waals surface area contributed by atoms with Crippen LogP contribution in [0.15, 0.2) is 18.3 Å². The summed E-state index contributed by atoms with van der Waals surface area (Å²) in [4.78, 5) is 20.0. The number of rotatable bonds is 2. The summed E-state index contributed by atoms with van der Waals surface area (Å²) in [6.07, 6.45) is 2.79. The molecule has 3 rings (SSSR count). The third kappa shape index (κ3) is 3.13. The molecular formula is C18H27N3O3. The predicted molar refractivity (Wildman–Crippen MR) is 90.9 cm³/mol. The van der Waals surface area contributed by atoms with E-state index < -0.39 is 17.7 Å². The van der Waals surface area contributed by atoms with Gasteiger partial charge in [0.05, 0.1) is 12.1 Å². The summed E-state index contributed by atoms with van der Waals surface area (Å²) in [5.74, 6) is 0. The molecule has 132 valence electrons. The van der Waals surface area contributed by atoms with E-state index >= 15 is 0 Å². The third-order valence-corrected chi connectivity index (χ3v) is 5.13. The first-order valence-electron chi connectivity index (χ1n) is 8.67. The van der Waals surface area contributed by atoms with Gasteiger partial charge in [0.1, 0.15) is 0 Å². The molecule has 0 saturated carbocycles. The first-order chi connectivity index (χ1) is 11.3. The number of fused-ring (bicyclic) bond motifs is 1. The van der Waals surface area contributed by atoms with Crippen LogP contribution in [0.2, 0.25) is 0 Å². The number of nitrogens with zero attached hydrogens (tertiary/aromatic N) is 3. The topological polar surface area (TPSA) is 76.9 Å². The Kier molecular flexibility index (Phi) is 4.53. The van der Waals surface area contributed by atoms with Crippen LogP contribution in [-0.2, 0) is 6.42 Å². The van der Waals surface area contributed by atoms with Crippen LogP contribution < -0.4 is 0 Å². The second-order valence-electron chi connectivity index (χ2n) is 7.87. The summed E-state index contributed by atoms with van der Waals surface area (Å²) in [6, 6.07) is 3.81. The van der Waals surface area contributed by atoms with Gasteiger partial charge in [-0.15, -0.1) is 0 Å². The van der Waals surface area contributed by atoms with E-state index in [-0.39, 0.29) is 12.1 Å². The van der Waals surface area contributed by atoms with Crippen LogP contribution in [0.1, 0.15) is 50.9 Å². The Morgan fingerprint density at radius 3 is 2.83 bits per heavy atom. The number of carboxylic acid groups (broad SMARTS) is 1. The molecule has 0 radical (unpaired) electrons. The minimum Gasteiger partial charge on any atom is -0.465 e. The number of hydrogen-bond acceptors (Lipinski definition) is 4. The number of aromatic nitrogens is 1. The smallest absolute Gasteiger partial charge is 0.408 e. The maximum Gasteiger partial charge on any atom is 0.408 e. The lowest BCUT2D eigenvalue weighted by atomic mass is 9.95. The molecule has 1 saturated heterocycles. The summed E-state index contributed by atoms with van der Waals surface area (Å²) >= 11 is 0. The minimum atomic E-state index is -0.872. The Labute approximate surface area is 143 Å². The molecule has 24 heavy (non-hydrogen) atoms. The second-order valence-corrected chi connectivity index (χ2v) is 7.87. The van der Waals surface area contributed by atoms with Crippen LogP contribution in [0.4, 0.5) is 4.79 Å². The number of hydrogen-bond donors (Lipinski definition) is 2. The average Bonchev–Trinajstić information content (AvgIpc) is 2.81. The van der Waals surface area contributed by atoms with Gasteiger partial charge >= 0.3 is 6.09 Å². The Morgan fingerprint density at radius 1 is 1.42 bits per heavy atom. The molecule has 6 heteroatoms. The van der Waals surface area contributed by atoms with E-state index in [4.69, 9.17) is 0 Å². The molecule has 0 spiro atoms. The number of carbonyl (C=O) groups is 1. The van der Waals surface area contributed by atoms with Gasteiger partial charge in [-0.25, -0.2) is 4.79 Å². The largest absolute Gasteiger partial charge is 0.465 e. The quantitative estimate of drug-likeness (QED) is 0.868.